The minimum atomic E-state index is -0.681. The number of aliphatic carboxylic acids is 1. The molecule has 1 fully saturated rings. The first-order valence-corrected chi connectivity index (χ1v) is 6.36. The second-order valence-electron chi connectivity index (χ2n) is 5.48. The molecule has 2 nitrogen and oxygen atoms in total. The summed E-state index contributed by atoms with van der Waals surface area (Å²) in [6.45, 7) is 4.34. The molecule has 0 amide bonds. The summed E-state index contributed by atoms with van der Waals surface area (Å²) in [6.07, 6.45) is 3.45. The molecule has 1 aromatic carbocycles. The largest absolute Gasteiger partial charge is 0.481 e. The van der Waals surface area contributed by atoms with Gasteiger partial charge in [-0.1, -0.05) is 44.5 Å². The first-order chi connectivity index (χ1) is 8.03. The molecule has 0 atom stereocenters. The van der Waals surface area contributed by atoms with Crippen LogP contribution in [0, 0.1) is 0 Å². The molecule has 1 aliphatic carbocycles. The lowest BCUT2D eigenvalue weighted by Crippen LogP contribution is -2.36. The second-order valence-corrected chi connectivity index (χ2v) is 5.48. The molecule has 0 unspecified atom stereocenters. The number of hydrogen-bond donors (Lipinski definition) is 1. The van der Waals surface area contributed by atoms with Crippen molar-refractivity contribution in [1.29, 1.82) is 0 Å². The molecule has 0 spiro atoms. The summed E-state index contributed by atoms with van der Waals surface area (Å²) in [6, 6.07) is 8.48. The third-order valence-electron chi connectivity index (χ3n) is 3.97. The van der Waals surface area contributed by atoms with Crippen molar-refractivity contribution in [2.45, 2.75) is 50.9 Å². The Morgan fingerprint density at radius 2 is 2.12 bits per heavy atom. The van der Waals surface area contributed by atoms with Gasteiger partial charge < -0.3 is 5.11 Å². The van der Waals surface area contributed by atoms with Crippen LogP contribution < -0.4 is 0 Å². The molecule has 1 aliphatic rings. The molecule has 2 rings (SSSR count). The van der Waals surface area contributed by atoms with Gasteiger partial charge in [-0.05, 0) is 29.9 Å². The topological polar surface area (TPSA) is 37.3 Å². The Morgan fingerprint density at radius 3 is 2.59 bits per heavy atom. The highest BCUT2D eigenvalue weighted by Gasteiger charge is 2.40. The van der Waals surface area contributed by atoms with Gasteiger partial charge in [0.05, 0.1) is 6.42 Å². The highest BCUT2D eigenvalue weighted by molar-refractivity contribution is 5.69. The zero-order valence-electron chi connectivity index (χ0n) is 10.6. The SMILES string of the molecule is CC(C)c1cccc(C2(CC(=O)O)CCC2)c1. The van der Waals surface area contributed by atoms with Crippen LogP contribution in [-0.4, -0.2) is 11.1 Å². The van der Waals surface area contributed by atoms with E-state index in [4.69, 9.17) is 5.11 Å². The molecule has 0 aromatic heterocycles. The van der Waals surface area contributed by atoms with E-state index >= 15 is 0 Å². The summed E-state index contributed by atoms with van der Waals surface area (Å²) < 4.78 is 0. The maximum absolute atomic E-state index is 11.0. The lowest BCUT2D eigenvalue weighted by Gasteiger charge is -2.41. The molecule has 2 heteroatoms. The first kappa shape index (κ1) is 12.2. The van der Waals surface area contributed by atoms with Gasteiger partial charge in [0.2, 0.25) is 0 Å². The number of benzene rings is 1. The molecular weight excluding hydrogens is 212 g/mol. The van der Waals surface area contributed by atoms with E-state index in [2.05, 4.69) is 38.1 Å². The van der Waals surface area contributed by atoms with E-state index < -0.39 is 5.97 Å². The van der Waals surface area contributed by atoms with E-state index in [1.165, 1.54) is 11.1 Å². The Morgan fingerprint density at radius 1 is 1.41 bits per heavy atom. The molecule has 0 heterocycles. The zero-order chi connectivity index (χ0) is 12.5. The van der Waals surface area contributed by atoms with Crippen LogP contribution in [0.4, 0.5) is 0 Å². The lowest BCUT2D eigenvalue weighted by atomic mass is 9.62. The predicted molar refractivity (Wildman–Crippen MR) is 68.3 cm³/mol. The minimum absolute atomic E-state index is 0.0866. The molecule has 1 aromatic rings. The number of carbonyl (C=O) groups is 1. The monoisotopic (exact) mass is 232 g/mol. The molecule has 1 saturated carbocycles. The van der Waals surface area contributed by atoms with Gasteiger partial charge in [-0.3, -0.25) is 4.79 Å². The number of rotatable bonds is 4. The summed E-state index contributed by atoms with van der Waals surface area (Å²) in [4.78, 5) is 11.0. The maximum Gasteiger partial charge on any atom is 0.304 e. The van der Waals surface area contributed by atoms with Crippen molar-refractivity contribution in [3.8, 4) is 0 Å². The molecule has 0 saturated heterocycles. The molecule has 1 N–H and O–H groups in total. The molecule has 0 aliphatic heterocycles. The van der Waals surface area contributed by atoms with Gasteiger partial charge >= 0.3 is 5.97 Å². The summed E-state index contributed by atoms with van der Waals surface area (Å²) >= 11 is 0. The normalized spacial score (nSPS) is 17.8. The van der Waals surface area contributed by atoms with E-state index in [0.29, 0.717) is 5.92 Å². The van der Waals surface area contributed by atoms with Crippen LogP contribution >= 0.6 is 0 Å². The Kier molecular flexibility index (Phi) is 3.23. The Hall–Kier alpha value is -1.31. The highest BCUT2D eigenvalue weighted by Crippen LogP contribution is 2.46. The summed E-state index contributed by atoms with van der Waals surface area (Å²) in [5.41, 5.74) is 2.44. The minimum Gasteiger partial charge on any atom is -0.481 e. The zero-order valence-corrected chi connectivity index (χ0v) is 10.6. The van der Waals surface area contributed by atoms with Crippen molar-refractivity contribution in [3.05, 3.63) is 35.4 Å². The van der Waals surface area contributed by atoms with Crippen molar-refractivity contribution in [3.63, 3.8) is 0 Å². The van der Waals surface area contributed by atoms with E-state index in [1.807, 2.05) is 0 Å². The van der Waals surface area contributed by atoms with Crippen LogP contribution in [0.2, 0.25) is 0 Å². The quantitative estimate of drug-likeness (QED) is 0.859. The Labute approximate surface area is 103 Å². The van der Waals surface area contributed by atoms with Crippen LogP contribution in [0.3, 0.4) is 0 Å². The molecule has 17 heavy (non-hydrogen) atoms. The average Bonchev–Trinajstić information content (AvgIpc) is 2.23. The van der Waals surface area contributed by atoms with Crippen LogP contribution in [0.15, 0.2) is 24.3 Å². The van der Waals surface area contributed by atoms with Crippen molar-refractivity contribution in [2.75, 3.05) is 0 Å². The predicted octanol–water partition coefficient (Wildman–Crippen LogP) is 3.71. The van der Waals surface area contributed by atoms with Crippen molar-refractivity contribution >= 4 is 5.97 Å². The third-order valence-corrected chi connectivity index (χ3v) is 3.97. The van der Waals surface area contributed by atoms with Gasteiger partial charge in [-0.2, -0.15) is 0 Å². The highest BCUT2D eigenvalue weighted by atomic mass is 16.4. The lowest BCUT2D eigenvalue weighted by molar-refractivity contribution is -0.139. The van der Waals surface area contributed by atoms with Crippen molar-refractivity contribution < 1.29 is 9.90 Å². The van der Waals surface area contributed by atoms with Gasteiger partial charge in [0, 0.05) is 5.41 Å². The van der Waals surface area contributed by atoms with Gasteiger partial charge in [-0.15, -0.1) is 0 Å². The standard InChI is InChI=1S/C15H20O2/c1-11(2)12-5-3-6-13(9-12)15(7-4-8-15)10-14(16)17/h3,5-6,9,11H,4,7-8,10H2,1-2H3,(H,16,17). The fourth-order valence-corrected chi connectivity index (χ4v) is 2.69. The van der Waals surface area contributed by atoms with Crippen molar-refractivity contribution in [2.24, 2.45) is 0 Å². The number of carboxylic acids is 1. The third kappa shape index (κ3) is 2.36. The summed E-state index contributed by atoms with van der Waals surface area (Å²) in [5.74, 6) is -0.184. The molecular formula is C15H20O2. The van der Waals surface area contributed by atoms with Gasteiger partial charge in [0.1, 0.15) is 0 Å². The van der Waals surface area contributed by atoms with Crippen LogP contribution in [0.1, 0.15) is 56.6 Å². The summed E-state index contributed by atoms with van der Waals surface area (Å²) in [7, 11) is 0. The van der Waals surface area contributed by atoms with E-state index in [-0.39, 0.29) is 11.8 Å². The Balaban J connectivity index is 2.31. The molecule has 0 bridgehead atoms. The van der Waals surface area contributed by atoms with E-state index in [0.717, 1.165) is 19.3 Å². The number of hydrogen-bond acceptors (Lipinski definition) is 1. The van der Waals surface area contributed by atoms with Crippen LogP contribution in [0.25, 0.3) is 0 Å². The van der Waals surface area contributed by atoms with Gasteiger partial charge in [0.15, 0.2) is 0 Å². The van der Waals surface area contributed by atoms with Gasteiger partial charge in [0.25, 0.3) is 0 Å². The second kappa shape index (κ2) is 4.52. The van der Waals surface area contributed by atoms with E-state index in [1.54, 1.807) is 0 Å². The van der Waals surface area contributed by atoms with Crippen LogP contribution in [-0.2, 0) is 10.2 Å². The summed E-state index contributed by atoms with van der Waals surface area (Å²) in [5, 5.41) is 9.05. The smallest absolute Gasteiger partial charge is 0.304 e. The van der Waals surface area contributed by atoms with E-state index in [9.17, 15) is 4.79 Å². The Bertz CT molecular complexity index is 417. The van der Waals surface area contributed by atoms with Crippen molar-refractivity contribution in [1.82, 2.24) is 0 Å². The first-order valence-electron chi connectivity index (χ1n) is 6.36. The van der Waals surface area contributed by atoms with Crippen LogP contribution in [0.5, 0.6) is 0 Å². The number of carboxylic acid groups (broad SMARTS) is 1. The average molecular weight is 232 g/mol. The fourth-order valence-electron chi connectivity index (χ4n) is 2.69. The fraction of sp³-hybridized carbons (Fsp3) is 0.533. The molecule has 92 valence electrons. The maximum atomic E-state index is 11.0. The van der Waals surface area contributed by atoms with Gasteiger partial charge in [-0.25, -0.2) is 0 Å². The molecule has 0 radical (unpaired) electrons.